The molecule has 120 valence electrons. The fraction of sp³-hybridized carbons (Fsp3) is 0.632. The van der Waals surface area contributed by atoms with E-state index in [0.29, 0.717) is 12.3 Å². The number of benzene rings is 1. The zero-order valence-corrected chi connectivity index (χ0v) is 13.5. The van der Waals surface area contributed by atoms with Crippen molar-refractivity contribution in [3.63, 3.8) is 0 Å². The van der Waals surface area contributed by atoms with Crippen LogP contribution in [0.4, 0.5) is 0 Å². The first-order valence-corrected chi connectivity index (χ1v) is 8.85. The lowest BCUT2D eigenvalue weighted by molar-refractivity contribution is -0.131. The first-order valence-electron chi connectivity index (χ1n) is 8.85. The molecule has 3 heteroatoms. The number of likely N-dealkylation sites (tertiary alicyclic amines) is 2. The van der Waals surface area contributed by atoms with Gasteiger partial charge >= 0.3 is 0 Å². The molecule has 0 spiro atoms. The Hall–Kier alpha value is -1.35. The predicted molar refractivity (Wildman–Crippen MR) is 89.7 cm³/mol. The predicted octanol–water partition coefficient (Wildman–Crippen LogP) is 2.95. The number of carbonyl (C=O) groups excluding carboxylic acids is 1. The van der Waals surface area contributed by atoms with Gasteiger partial charge < -0.3 is 9.80 Å². The second-order valence-electron chi connectivity index (χ2n) is 6.82. The molecule has 0 saturated carbocycles. The van der Waals surface area contributed by atoms with Crippen LogP contribution in [-0.2, 0) is 11.2 Å². The molecule has 3 rings (SSSR count). The summed E-state index contributed by atoms with van der Waals surface area (Å²) in [6.45, 7) is 5.78. The minimum atomic E-state index is 0.296. The Kier molecular flexibility index (Phi) is 5.49. The molecule has 0 N–H and O–H groups in total. The summed E-state index contributed by atoms with van der Waals surface area (Å²) in [4.78, 5) is 17.0. The van der Waals surface area contributed by atoms with Crippen molar-refractivity contribution in [2.24, 2.45) is 5.92 Å². The molecule has 2 heterocycles. The van der Waals surface area contributed by atoms with Crippen molar-refractivity contribution >= 4 is 5.91 Å². The van der Waals surface area contributed by atoms with Crippen LogP contribution in [0, 0.1) is 5.92 Å². The SMILES string of the molecule is O=C(Cc1ccccc1)N1CCC(CCN2CCCC2)CC1. The second kappa shape index (κ2) is 7.77. The fourth-order valence-electron chi connectivity index (χ4n) is 3.72. The lowest BCUT2D eigenvalue weighted by atomic mass is 9.93. The molecule has 2 saturated heterocycles. The average Bonchev–Trinajstić information content (AvgIpc) is 3.08. The third-order valence-corrected chi connectivity index (χ3v) is 5.22. The van der Waals surface area contributed by atoms with E-state index in [1.54, 1.807) is 0 Å². The van der Waals surface area contributed by atoms with E-state index in [-0.39, 0.29) is 0 Å². The smallest absolute Gasteiger partial charge is 0.226 e. The zero-order chi connectivity index (χ0) is 15.2. The largest absolute Gasteiger partial charge is 0.342 e. The van der Waals surface area contributed by atoms with Crippen LogP contribution in [0.5, 0.6) is 0 Å². The van der Waals surface area contributed by atoms with Crippen molar-refractivity contribution in [2.45, 2.75) is 38.5 Å². The molecule has 0 aromatic heterocycles. The van der Waals surface area contributed by atoms with Gasteiger partial charge in [-0.25, -0.2) is 0 Å². The Morgan fingerprint density at radius 3 is 2.36 bits per heavy atom. The van der Waals surface area contributed by atoms with Crippen LogP contribution in [-0.4, -0.2) is 48.4 Å². The Morgan fingerprint density at radius 1 is 1.00 bits per heavy atom. The summed E-state index contributed by atoms with van der Waals surface area (Å²) < 4.78 is 0. The Morgan fingerprint density at radius 2 is 1.68 bits per heavy atom. The van der Waals surface area contributed by atoms with E-state index >= 15 is 0 Å². The number of carbonyl (C=O) groups is 1. The van der Waals surface area contributed by atoms with Crippen LogP contribution in [0.25, 0.3) is 0 Å². The zero-order valence-electron chi connectivity index (χ0n) is 13.5. The van der Waals surface area contributed by atoms with E-state index in [1.165, 1.54) is 51.7 Å². The molecular formula is C19H28N2O. The van der Waals surface area contributed by atoms with E-state index in [9.17, 15) is 4.79 Å². The standard InChI is InChI=1S/C19H28N2O/c22-19(16-18-6-2-1-3-7-18)21-14-9-17(10-15-21)8-13-20-11-4-5-12-20/h1-3,6-7,17H,4-5,8-16H2. The van der Waals surface area contributed by atoms with E-state index in [1.807, 2.05) is 30.3 Å². The van der Waals surface area contributed by atoms with Crippen LogP contribution in [0.15, 0.2) is 30.3 Å². The molecule has 1 amide bonds. The van der Waals surface area contributed by atoms with Gasteiger partial charge in [-0.15, -0.1) is 0 Å². The van der Waals surface area contributed by atoms with Gasteiger partial charge in [0.1, 0.15) is 0 Å². The molecule has 1 aromatic rings. The van der Waals surface area contributed by atoms with Crippen molar-refractivity contribution in [1.82, 2.24) is 9.80 Å². The van der Waals surface area contributed by atoms with Gasteiger partial charge in [-0.1, -0.05) is 30.3 Å². The Labute approximate surface area is 134 Å². The van der Waals surface area contributed by atoms with Gasteiger partial charge in [0.25, 0.3) is 0 Å². The number of amides is 1. The summed E-state index contributed by atoms with van der Waals surface area (Å²) in [5.41, 5.74) is 1.13. The molecule has 0 aliphatic carbocycles. The quantitative estimate of drug-likeness (QED) is 0.834. The summed E-state index contributed by atoms with van der Waals surface area (Å²) in [6, 6.07) is 10.1. The van der Waals surface area contributed by atoms with Crippen LogP contribution < -0.4 is 0 Å². The third kappa shape index (κ3) is 4.33. The molecule has 0 bridgehead atoms. The summed E-state index contributed by atoms with van der Waals surface area (Å²) in [6.07, 6.45) is 7.02. The molecule has 3 nitrogen and oxygen atoms in total. The Balaban J connectivity index is 1.38. The highest BCUT2D eigenvalue weighted by atomic mass is 16.2. The number of rotatable bonds is 5. The van der Waals surface area contributed by atoms with Gasteiger partial charge in [0.15, 0.2) is 0 Å². The summed E-state index contributed by atoms with van der Waals surface area (Å²) >= 11 is 0. The van der Waals surface area contributed by atoms with Crippen LogP contribution in [0.3, 0.4) is 0 Å². The first kappa shape index (κ1) is 15.5. The van der Waals surface area contributed by atoms with Crippen molar-refractivity contribution in [3.8, 4) is 0 Å². The van der Waals surface area contributed by atoms with Gasteiger partial charge in [0, 0.05) is 13.1 Å². The second-order valence-corrected chi connectivity index (χ2v) is 6.82. The van der Waals surface area contributed by atoms with E-state index in [4.69, 9.17) is 0 Å². The number of hydrogen-bond donors (Lipinski definition) is 0. The molecule has 2 aliphatic heterocycles. The normalized spacial score (nSPS) is 20.5. The van der Waals surface area contributed by atoms with E-state index < -0.39 is 0 Å². The van der Waals surface area contributed by atoms with Crippen molar-refractivity contribution < 1.29 is 4.79 Å². The van der Waals surface area contributed by atoms with Crippen LogP contribution in [0.1, 0.15) is 37.7 Å². The summed E-state index contributed by atoms with van der Waals surface area (Å²) in [5, 5.41) is 0. The average molecular weight is 300 g/mol. The number of piperidine rings is 1. The summed E-state index contributed by atoms with van der Waals surface area (Å²) in [7, 11) is 0. The highest BCUT2D eigenvalue weighted by molar-refractivity contribution is 5.78. The minimum Gasteiger partial charge on any atom is -0.342 e. The molecule has 2 aliphatic rings. The van der Waals surface area contributed by atoms with Crippen molar-refractivity contribution in [1.29, 1.82) is 0 Å². The van der Waals surface area contributed by atoms with Crippen molar-refractivity contribution in [2.75, 3.05) is 32.7 Å². The fourth-order valence-corrected chi connectivity index (χ4v) is 3.72. The lowest BCUT2D eigenvalue weighted by Crippen LogP contribution is -2.39. The van der Waals surface area contributed by atoms with Crippen LogP contribution in [0.2, 0.25) is 0 Å². The Bertz CT molecular complexity index is 460. The molecule has 0 atom stereocenters. The van der Waals surface area contributed by atoms with E-state index in [0.717, 1.165) is 24.6 Å². The number of hydrogen-bond acceptors (Lipinski definition) is 2. The van der Waals surface area contributed by atoms with Gasteiger partial charge in [0.2, 0.25) is 5.91 Å². The summed E-state index contributed by atoms with van der Waals surface area (Å²) in [5.74, 6) is 1.12. The number of nitrogens with zero attached hydrogens (tertiary/aromatic N) is 2. The topological polar surface area (TPSA) is 23.6 Å². The first-order chi connectivity index (χ1) is 10.8. The monoisotopic (exact) mass is 300 g/mol. The molecule has 2 fully saturated rings. The third-order valence-electron chi connectivity index (χ3n) is 5.22. The molecule has 0 unspecified atom stereocenters. The molecular weight excluding hydrogens is 272 g/mol. The molecule has 0 radical (unpaired) electrons. The molecule has 22 heavy (non-hydrogen) atoms. The highest BCUT2D eigenvalue weighted by Crippen LogP contribution is 2.22. The van der Waals surface area contributed by atoms with Gasteiger partial charge in [-0.2, -0.15) is 0 Å². The highest BCUT2D eigenvalue weighted by Gasteiger charge is 2.23. The van der Waals surface area contributed by atoms with Gasteiger partial charge in [-0.05, 0) is 63.2 Å². The van der Waals surface area contributed by atoms with Crippen LogP contribution >= 0.6 is 0 Å². The van der Waals surface area contributed by atoms with Crippen molar-refractivity contribution in [3.05, 3.63) is 35.9 Å². The van der Waals surface area contributed by atoms with Gasteiger partial charge in [0.05, 0.1) is 6.42 Å². The lowest BCUT2D eigenvalue weighted by Gasteiger charge is -2.33. The maximum Gasteiger partial charge on any atom is 0.226 e. The van der Waals surface area contributed by atoms with Gasteiger partial charge in [-0.3, -0.25) is 4.79 Å². The molecule has 1 aromatic carbocycles. The maximum absolute atomic E-state index is 12.4. The minimum absolute atomic E-state index is 0.296. The van der Waals surface area contributed by atoms with E-state index in [2.05, 4.69) is 9.80 Å². The maximum atomic E-state index is 12.4.